The summed E-state index contributed by atoms with van der Waals surface area (Å²) in [5, 5.41) is 0.274. The van der Waals surface area contributed by atoms with Gasteiger partial charge in [0.05, 0.1) is 0 Å². The Morgan fingerprint density at radius 3 is 2.43 bits per heavy atom. The largest absolute Gasteiger partial charge is 0.243 e. The number of halogens is 1. The summed E-state index contributed by atoms with van der Waals surface area (Å²) in [6.45, 7) is 0. The van der Waals surface area contributed by atoms with Crippen LogP contribution >= 0.6 is 11.6 Å². The Morgan fingerprint density at radius 2 is 1.86 bits per heavy atom. The second-order valence-electron chi connectivity index (χ2n) is 5.16. The molecule has 4 nitrogen and oxygen atoms in total. The highest BCUT2D eigenvalue weighted by Gasteiger charge is 2.35. The summed E-state index contributed by atoms with van der Waals surface area (Å²) >= 11 is 5.70. The molecule has 2 aromatic rings. The molecule has 110 valence electrons. The average molecular weight is 323 g/mol. The van der Waals surface area contributed by atoms with E-state index in [1.165, 1.54) is 18.3 Å². The monoisotopic (exact) mass is 322 g/mol. The van der Waals surface area contributed by atoms with Crippen molar-refractivity contribution in [2.24, 2.45) is 5.92 Å². The normalized spacial score (nSPS) is 16.6. The first-order valence-corrected chi connectivity index (χ1v) is 8.61. The van der Waals surface area contributed by atoms with E-state index >= 15 is 0 Å². The fraction of sp³-hybridized carbons (Fsp3) is 0.267. The zero-order valence-electron chi connectivity index (χ0n) is 11.2. The maximum Gasteiger partial charge on any atom is 0.242 e. The van der Waals surface area contributed by atoms with Gasteiger partial charge in [0.15, 0.2) is 0 Å². The smallest absolute Gasteiger partial charge is 0.242 e. The van der Waals surface area contributed by atoms with E-state index in [4.69, 9.17) is 11.6 Å². The van der Waals surface area contributed by atoms with Gasteiger partial charge in [-0.3, -0.25) is 0 Å². The maximum atomic E-state index is 12.5. The molecule has 0 saturated heterocycles. The van der Waals surface area contributed by atoms with Gasteiger partial charge in [-0.2, -0.15) is 0 Å². The summed E-state index contributed by atoms with van der Waals surface area (Å²) in [4.78, 5) is 3.97. The fourth-order valence-electron chi connectivity index (χ4n) is 2.28. The standard InChI is InChI=1S/C15H15ClN2O2S/c16-14-9-8-13(10-17-14)21(19,20)18-15(12-6-7-12)11-4-2-1-3-5-11/h1-5,8-10,12,15,18H,6-7H2. The van der Waals surface area contributed by atoms with E-state index in [-0.39, 0.29) is 16.1 Å². The maximum absolute atomic E-state index is 12.5. The number of nitrogens with zero attached hydrogens (tertiary/aromatic N) is 1. The van der Waals surface area contributed by atoms with Crippen LogP contribution in [0.1, 0.15) is 24.4 Å². The van der Waals surface area contributed by atoms with Gasteiger partial charge in [0.1, 0.15) is 10.0 Å². The van der Waals surface area contributed by atoms with E-state index in [1.807, 2.05) is 30.3 Å². The number of aromatic nitrogens is 1. The van der Waals surface area contributed by atoms with Crippen molar-refractivity contribution in [2.45, 2.75) is 23.8 Å². The van der Waals surface area contributed by atoms with Crippen molar-refractivity contribution in [3.8, 4) is 0 Å². The number of pyridine rings is 1. The number of rotatable bonds is 5. The first kappa shape index (κ1) is 14.5. The summed E-state index contributed by atoms with van der Waals surface area (Å²) in [6.07, 6.45) is 3.36. The zero-order chi connectivity index (χ0) is 14.9. The molecule has 1 aromatic carbocycles. The van der Waals surface area contributed by atoms with Crippen LogP contribution in [0, 0.1) is 5.92 Å². The third-order valence-corrected chi connectivity index (χ3v) is 5.19. The van der Waals surface area contributed by atoms with E-state index < -0.39 is 10.0 Å². The van der Waals surface area contributed by atoms with Crippen LogP contribution < -0.4 is 4.72 Å². The molecule has 21 heavy (non-hydrogen) atoms. The molecule has 0 bridgehead atoms. The van der Waals surface area contributed by atoms with Crippen LogP contribution in [0.5, 0.6) is 0 Å². The Bertz CT molecular complexity index is 713. The van der Waals surface area contributed by atoms with Gasteiger partial charge >= 0.3 is 0 Å². The van der Waals surface area contributed by atoms with Gasteiger partial charge in [-0.25, -0.2) is 18.1 Å². The first-order chi connectivity index (χ1) is 10.1. The molecular formula is C15H15ClN2O2S. The van der Waals surface area contributed by atoms with Crippen LogP contribution in [-0.4, -0.2) is 13.4 Å². The molecule has 6 heteroatoms. The number of sulfonamides is 1. The minimum absolute atomic E-state index is 0.133. The van der Waals surface area contributed by atoms with Gasteiger partial charge in [-0.15, -0.1) is 0 Å². The molecule has 1 unspecified atom stereocenters. The van der Waals surface area contributed by atoms with Crippen molar-refractivity contribution >= 4 is 21.6 Å². The van der Waals surface area contributed by atoms with Gasteiger partial charge in [0.2, 0.25) is 10.0 Å². The van der Waals surface area contributed by atoms with Gasteiger partial charge < -0.3 is 0 Å². The number of benzene rings is 1. The molecule has 0 spiro atoms. The molecule has 1 N–H and O–H groups in total. The van der Waals surface area contributed by atoms with Crippen molar-refractivity contribution in [2.75, 3.05) is 0 Å². The Hall–Kier alpha value is -1.43. The predicted molar refractivity (Wildman–Crippen MR) is 81.5 cm³/mol. The fourth-order valence-corrected chi connectivity index (χ4v) is 3.63. The van der Waals surface area contributed by atoms with Gasteiger partial charge in [0.25, 0.3) is 0 Å². The van der Waals surface area contributed by atoms with E-state index in [0.29, 0.717) is 5.92 Å². The third-order valence-electron chi connectivity index (χ3n) is 3.54. The second kappa shape index (κ2) is 5.75. The molecule has 1 aromatic heterocycles. The van der Waals surface area contributed by atoms with Gasteiger partial charge in [-0.1, -0.05) is 41.9 Å². The predicted octanol–water partition coefficient (Wildman–Crippen LogP) is 3.16. The van der Waals surface area contributed by atoms with Gasteiger partial charge in [0, 0.05) is 12.2 Å². The molecule has 1 heterocycles. The zero-order valence-corrected chi connectivity index (χ0v) is 12.8. The van der Waals surface area contributed by atoms with Crippen LogP contribution in [0.4, 0.5) is 0 Å². The van der Waals surface area contributed by atoms with Crippen LogP contribution in [-0.2, 0) is 10.0 Å². The van der Waals surface area contributed by atoms with Crippen molar-refractivity contribution < 1.29 is 8.42 Å². The average Bonchev–Trinajstić information content (AvgIpc) is 3.31. The molecule has 0 amide bonds. The van der Waals surface area contributed by atoms with Crippen LogP contribution in [0.15, 0.2) is 53.6 Å². The van der Waals surface area contributed by atoms with Crippen molar-refractivity contribution in [1.82, 2.24) is 9.71 Å². The molecule has 1 aliphatic rings. The Kier molecular flexibility index (Phi) is 3.97. The highest BCUT2D eigenvalue weighted by Crippen LogP contribution is 2.41. The molecule has 0 aliphatic heterocycles. The lowest BCUT2D eigenvalue weighted by Gasteiger charge is -2.18. The Balaban J connectivity index is 1.87. The minimum Gasteiger partial charge on any atom is -0.243 e. The van der Waals surface area contributed by atoms with Crippen LogP contribution in [0.25, 0.3) is 0 Å². The van der Waals surface area contributed by atoms with Gasteiger partial charge in [-0.05, 0) is 36.5 Å². The molecule has 1 saturated carbocycles. The summed E-state index contributed by atoms with van der Waals surface area (Å²) in [6, 6.07) is 12.4. The molecule has 0 radical (unpaired) electrons. The SMILES string of the molecule is O=S(=O)(NC(c1ccccc1)C1CC1)c1ccc(Cl)nc1. The molecular weight excluding hydrogens is 308 g/mol. The molecule has 1 fully saturated rings. The van der Waals surface area contributed by atoms with Crippen molar-refractivity contribution in [3.05, 3.63) is 59.4 Å². The molecule has 1 atom stereocenters. The minimum atomic E-state index is -3.60. The highest BCUT2D eigenvalue weighted by atomic mass is 35.5. The van der Waals surface area contributed by atoms with E-state index in [2.05, 4.69) is 9.71 Å². The third kappa shape index (κ3) is 3.43. The lowest BCUT2D eigenvalue weighted by molar-refractivity contribution is 0.529. The lowest BCUT2D eigenvalue weighted by Crippen LogP contribution is -2.30. The Labute approximate surface area is 129 Å². The molecule has 3 rings (SSSR count). The number of nitrogens with one attached hydrogen (secondary N) is 1. The van der Waals surface area contributed by atoms with E-state index in [0.717, 1.165) is 18.4 Å². The quantitative estimate of drug-likeness (QED) is 0.860. The Morgan fingerprint density at radius 1 is 1.14 bits per heavy atom. The van der Waals surface area contributed by atoms with Crippen LogP contribution in [0.3, 0.4) is 0 Å². The highest BCUT2D eigenvalue weighted by molar-refractivity contribution is 7.89. The van der Waals surface area contributed by atoms with Crippen molar-refractivity contribution in [3.63, 3.8) is 0 Å². The number of hydrogen-bond donors (Lipinski definition) is 1. The first-order valence-electron chi connectivity index (χ1n) is 6.75. The summed E-state index contributed by atoms with van der Waals surface area (Å²) < 4.78 is 27.7. The van der Waals surface area contributed by atoms with Crippen molar-refractivity contribution in [1.29, 1.82) is 0 Å². The lowest BCUT2D eigenvalue weighted by atomic mass is 10.0. The van der Waals surface area contributed by atoms with E-state index in [1.54, 1.807) is 0 Å². The topological polar surface area (TPSA) is 59.1 Å². The number of hydrogen-bond acceptors (Lipinski definition) is 3. The molecule has 1 aliphatic carbocycles. The summed E-state index contributed by atoms with van der Waals surface area (Å²) in [5.74, 6) is 0.363. The van der Waals surface area contributed by atoms with Crippen LogP contribution in [0.2, 0.25) is 5.15 Å². The summed E-state index contributed by atoms with van der Waals surface area (Å²) in [5.41, 5.74) is 0.991. The summed E-state index contributed by atoms with van der Waals surface area (Å²) in [7, 11) is -3.60. The van der Waals surface area contributed by atoms with E-state index in [9.17, 15) is 8.42 Å². The second-order valence-corrected chi connectivity index (χ2v) is 7.26.